The second kappa shape index (κ2) is 11.2. The standard InChI is InChI=1S/C28H38NO3.BrH/c1-3-4-5-12-19-29(2)24-17-18-25(29)21-26(20-24)32-27(30)28(31,22-13-8-6-9-14-22)23-15-10-7-11-16-23;/h6-11,13-16,24-26,31H,3-5,12,17-21H2,1-2H3;1H/q+1;/p-1. The molecule has 4 rings (SSSR count). The molecule has 2 atom stereocenters. The van der Waals surface area contributed by atoms with Crippen molar-refractivity contribution in [2.75, 3.05) is 13.6 Å². The summed E-state index contributed by atoms with van der Waals surface area (Å²) in [6.07, 6.45) is 9.26. The van der Waals surface area contributed by atoms with Crippen LogP contribution in [0, 0.1) is 0 Å². The fourth-order valence-corrected chi connectivity index (χ4v) is 6.03. The number of rotatable bonds is 9. The minimum Gasteiger partial charge on any atom is -1.00 e. The highest BCUT2D eigenvalue weighted by atomic mass is 79.9. The van der Waals surface area contributed by atoms with Crippen LogP contribution in [0.1, 0.15) is 69.4 Å². The number of unbranched alkanes of at least 4 members (excludes halogenated alkanes) is 3. The van der Waals surface area contributed by atoms with Crippen molar-refractivity contribution in [1.82, 2.24) is 0 Å². The van der Waals surface area contributed by atoms with Gasteiger partial charge in [-0.2, -0.15) is 0 Å². The predicted molar refractivity (Wildman–Crippen MR) is 127 cm³/mol. The van der Waals surface area contributed by atoms with E-state index in [0.29, 0.717) is 23.2 Å². The molecule has 2 saturated heterocycles. The van der Waals surface area contributed by atoms with Crippen LogP contribution in [0.3, 0.4) is 0 Å². The number of carbonyl (C=O) groups is 1. The summed E-state index contributed by atoms with van der Waals surface area (Å²) in [6.45, 7) is 3.49. The van der Waals surface area contributed by atoms with Gasteiger partial charge in [0.25, 0.3) is 0 Å². The summed E-state index contributed by atoms with van der Waals surface area (Å²) in [4.78, 5) is 13.5. The van der Waals surface area contributed by atoms with Crippen LogP contribution in [0.15, 0.2) is 60.7 Å². The van der Waals surface area contributed by atoms with Gasteiger partial charge >= 0.3 is 5.97 Å². The van der Waals surface area contributed by atoms with Crippen molar-refractivity contribution in [1.29, 1.82) is 0 Å². The molecule has 2 fully saturated rings. The Morgan fingerprint density at radius 3 is 1.94 bits per heavy atom. The van der Waals surface area contributed by atoms with Crippen LogP contribution in [0.2, 0.25) is 0 Å². The maximum absolute atomic E-state index is 13.5. The Hall–Kier alpha value is -1.69. The van der Waals surface area contributed by atoms with Gasteiger partial charge in [0.05, 0.1) is 25.7 Å². The summed E-state index contributed by atoms with van der Waals surface area (Å²) in [7, 11) is 2.41. The molecule has 2 aromatic carbocycles. The number of ether oxygens (including phenoxy) is 1. The number of aliphatic hydroxyl groups is 1. The second-order valence-electron chi connectivity index (χ2n) is 9.96. The SMILES string of the molecule is CCCCCC[N+]1(C)C2CCC1CC(OC(=O)C(O)(c1ccccc1)c1ccccc1)C2.[Br-]. The topological polar surface area (TPSA) is 46.5 Å². The lowest BCUT2D eigenvalue weighted by molar-refractivity contribution is -0.949. The number of carbonyl (C=O) groups excluding carboxylic acids is 1. The lowest BCUT2D eigenvalue weighted by Gasteiger charge is -2.47. The molecule has 0 amide bonds. The number of quaternary nitrogens is 1. The fraction of sp³-hybridized carbons (Fsp3) is 0.536. The highest BCUT2D eigenvalue weighted by molar-refractivity contribution is 5.85. The number of hydrogen-bond donors (Lipinski definition) is 1. The Morgan fingerprint density at radius 2 is 1.45 bits per heavy atom. The number of halogens is 1. The van der Waals surface area contributed by atoms with E-state index < -0.39 is 11.6 Å². The zero-order chi connectivity index (χ0) is 22.6. The molecule has 0 radical (unpaired) electrons. The minimum atomic E-state index is -1.79. The third-order valence-corrected chi connectivity index (χ3v) is 8.02. The highest BCUT2D eigenvalue weighted by Crippen LogP contribution is 2.43. The van der Waals surface area contributed by atoms with Gasteiger partial charge < -0.3 is 31.3 Å². The molecular weight excluding hydrogens is 478 g/mol. The molecule has 33 heavy (non-hydrogen) atoms. The van der Waals surface area contributed by atoms with Gasteiger partial charge in [0.15, 0.2) is 0 Å². The molecule has 180 valence electrons. The maximum Gasteiger partial charge on any atom is 0.347 e. The molecule has 4 nitrogen and oxygen atoms in total. The summed E-state index contributed by atoms with van der Waals surface area (Å²) in [5.74, 6) is -0.557. The van der Waals surface area contributed by atoms with Crippen LogP contribution in [0.4, 0.5) is 0 Å². The van der Waals surface area contributed by atoms with E-state index in [1.165, 1.54) is 45.1 Å². The second-order valence-corrected chi connectivity index (χ2v) is 9.96. The van der Waals surface area contributed by atoms with Crippen LogP contribution in [0.5, 0.6) is 0 Å². The molecule has 2 bridgehead atoms. The molecule has 0 saturated carbocycles. The average Bonchev–Trinajstić information content (AvgIpc) is 2.98. The van der Waals surface area contributed by atoms with Crippen LogP contribution < -0.4 is 17.0 Å². The van der Waals surface area contributed by atoms with Gasteiger partial charge in [-0.1, -0.05) is 80.4 Å². The lowest BCUT2D eigenvalue weighted by atomic mass is 9.86. The molecule has 2 aliphatic heterocycles. The van der Waals surface area contributed by atoms with Gasteiger partial charge in [-0.15, -0.1) is 0 Å². The summed E-state index contributed by atoms with van der Waals surface area (Å²) in [5, 5.41) is 11.7. The number of benzene rings is 2. The average molecular weight is 517 g/mol. The Bertz CT molecular complexity index is 835. The number of nitrogens with zero attached hydrogens (tertiary/aromatic N) is 1. The Labute approximate surface area is 209 Å². The first kappa shape index (κ1) is 25.9. The van der Waals surface area contributed by atoms with E-state index in [1.54, 1.807) is 24.3 Å². The van der Waals surface area contributed by atoms with E-state index in [4.69, 9.17) is 4.74 Å². The van der Waals surface area contributed by atoms with Gasteiger partial charge in [0, 0.05) is 25.7 Å². The monoisotopic (exact) mass is 515 g/mol. The maximum atomic E-state index is 13.5. The van der Waals surface area contributed by atoms with Crippen LogP contribution in [-0.4, -0.2) is 47.3 Å². The van der Waals surface area contributed by atoms with E-state index in [2.05, 4.69) is 14.0 Å². The van der Waals surface area contributed by atoms with Crippen LogP contribution in [-0.2, 0) is 15.1 Å². The van der Waals surface area contributed by atoms with E-state index in [-0.39, 0.29) is 23.1 Å². The molecule has 2 aromatic rings. The Kier molecular flexibility index (Phi) is 8.76. The fourth-order valence-electron chi connectivity index (χ4n) is 6.03. The van der Waals surface area contributed by atoms with E-state index in [0.717, 1.165) is 17.3 Å². The normalized spacial score (nSPS) is 26.5. The van der Waals surface area contributed by atoms with Gasteiger partial charge in [-0.05, 0) is 24.0 Å². The van der Waals surface area contributed by atoms with Crippen molar-refractivity contribution >= 4 is 5.97 Å². The van der Waals surface area contributed by atoms with E-state index >= 15 is 0 Å². The molecule has 2 aliphatic rings. The molecular formula is C28H38BrNO3. The number of esters is 1. The van der Waals surface area contributed by atoms with Crippen LogP contribution in [0.25, 0.3) is 0 Å². The Morgan fingerprint density at radius 1 is 0.939 bits per heavy atom. The van der Waals surface area contributed by atoms with Crippen molar-refractivity contribution in [3.8, 4) is 0 Å². The zero-order valence-corrected chi connectivity index (χ0v) is 21.5. The van der Waals surface area contributed by atoms with Gasteiger partial charge in [0.2, 0.25) is 5.60 Å². The molecule has 1 N–H and O–H groups in total. The van der Waals surface area contributed by atoms with Gasteiger partial charge in [-0.25, -0.2) is 4.79 Å². The molecule has 0 spiro atoms. The Balaban J connectivity index is 0.00000306. The highest BCUT2D eigenvalue weighted by Gasteiger charge is 2.53. The van der Waals surface area contributed by atoms with Crippen LogP contribution >= 0.6 is 0 Å². The number of fused-ring (bicyclic) bond motifs is 2. The molecule has 2 unspecified atom stereocenters. The summed E-state index contributed by atoms with van der Waals surface area (Å²) < 4.78 is 7.22. The summed E-state index contributed by atoms with van der Waals surface area (Å²) in [6, 6.07) is 19.4. The largest absolute Gasteiger partial charge is 1.00 e. The first-order chi connectivity index (χ1) is 15.5. The van der Waals surface area contributed by atoms with Crippen molar-refractivity contribution < 1.29 is 36.1 Å². The van der Waals surface area contributed by atoms with Crippen molar-refractivity contribution in [2.45, 2.75) is 82.1 Å². The van der Waals surface area contributed by atoms with Crippen molar-refractivity contribution in [2.24, 2.45) is 0 Å². The van der Waals surface area contributed by atoms with E-state index in [9.17, 15) is 9.90 Å². The molecule has 0 aromatic heterocycles. The number of piperidine rings is 1. The quantitative estimate of drug-likeness (QED) is 0.316. The minimum absolute atomic E-state index is 0. The lowest BCUT2D eigenvalue weighted by Crippen LogP contribution is -3.00. The number of hydrogen-bond acceptors (Lipinski definition) is 3. The van der Waals surface area contributed by atoms with Crippen molar-refractivity contribution in [3.05, 3.63) is 71.8 Å². The smallest absolute Gasteiger partial charge is 0.347 e. The van der Waals surface area contributed by atoms with E-state index in [1.807, 2.05) is 36.4 Å². The molecule has 5 heteroatoms. The third kappa shape index (κ3) is 5.21. The first-order valence-corrected chi connectivity index (χ1v) is 12.4. The first-order valence-electron chi connectivity index (χ1n) is 12.4. The van der Waals surface area contributed by atoms with Gasteiger partial charge in [0.1, 0.15) is 6.10 Å². The van der Waals surface area contributed by atoms with Crippen molar-refractivity contribution in [3.63, 3.8) is 0 Å². The van der Waals surface area contributed by atoms with Gasteiger partial charge in [-0.3, -0.25) is 0 Å². The summed E-state index contributed by atoms with van der Waals surface area (Å²) >= 11 is 0. The predicted octanol–water partition coefficient (Wildman–Crippen LogP) is 2.19. The third-order valence-electron chi connectivity index (χ3n) is 8.02. The molecule has 2 heterocycles. The summed E-state index contributed by atoms with van der Waals surface area (Å²) in [5.41, 5.74) is -0.699. The zero-order valence-electron chi connectivity index (χ0n) is 20.0. The molecule has 0 aliphatic carbocycles.